The fraction of sp³-hybridized carbons (Fsp3) is 0.143. The van der Waals surface area contributed by atoms with E-state index in [2.05, 4.69) is 10.3 Å². The quantitative estimate of drug-likeness (QED) is 0.799. The molecule has 0 spiro atoms. The topological polar surface area (TPSA) is 68.0 Å². The molecular weight excluding hydrogens is 226 g/mol. The van der Waals surface area contributed by atoms with E-state index in [4.69, 9.17) is 5.73 Å². The van der Waals surface area contributed by atoms with Crippen molar-refractivity contribution in [3.05, 3.63) is 59.9 Å². The van der Waals surface area contributed by atoms with Crippen molar-refractivity contribution in [3.8, 4) is 0 Å². The Labute approximate surface area is 106 Å². The van der Waals surface area contributed by atoms with Crippen molar-refractivity contribution >= 4 is 11.6 Å². The van der Waals surface area contributed by atoms with E-state index in [0.717, 1.165) is 12.0 Å². The SMILES string of the molecule is Nc1ccccc1C(=O)NCCc1cccnc1. The highest BCUT2D eigenvalue weighted by atomic mass is 16.1. The lowest BCUT2D eigenvalue weighted by Crippen LogP contribution is -2.26. The minimum atomic E-state index is -0.142. The van der Waals surface area contributed by atoms with Crippen LogP contribution in [0.3, 0.4) is 0 Å². The van der Waals surface area contributed by atoms with Crippen LogP contribution < -0.4 is 11.1 Å². The number of nitrogens with zero attached hydrogens (tertiary/aromatic N) is 1. The minimum Gasteiger partial charge on any atom is -0.398 e. The summed E-state index contributed by atoms with van der Waals surface area (Å²) in [5.74, 6) is -0.142. The minimum absolute atomic E-state index is 0.142. The molecule has 0 aliphatic rings. The van der Waals surface area contributed by atoms with E-state index in [1.807, 2.05) is 18.2 Å². The summed E-state index contributed by atoms with van der Waals surface area (Å²) >= 11 is 0. The van der Waals surface area contributed by atoms with Gasteiger partial charge in [0.25, 0.3) is 5.91 Å². The Balaban J connectivity index is 1.88. The van der Waals surface area contributed by atoms with E-state index >= 15 is 0 Å². The van der Waals surface area contributed by atoms with Crippen LogP contribution in [-0.4, -0.2) is 17.4 Å². The van der Waals surface area contributed by atoms with Gasteiger partial charge in [0.05, 0.1) is 5.56 Å². The lowest BCUT2D eigenvalue weighted by atomic mass is 10.1. The van der Waals surface area contributed by atoms with Gasteiger partial charge in [0, 0.05) is 24.6 Å². The Morgan fingerprint density at radius 1 is 1.22 bits per heavy atom. The zero-order valence-electron chi connectivity index (χ0n) is 9.97. The number of rotatable bonds is 4. The summed E-state index contributed by atoms with van der Waals surface area (Å²) in [7, 11) is 0. The van der Waals surface area contributed by atoms with Gasteiger partial charge in [0.2, 0.25) is 0 Å². The van der Waals surface area contributed by atoms with E-state index in [9.17, 15) is 4.79 Å². The first-order valence-corrected chi connectivity index (χ1v) is 5.79. The Bertz CT molecular complexity index is 526. The Morgan fingerprint density at radius 2 is 2.06 bits per heavy atom. The van der Waals surface area contributed by atoms with Crippen LogP contribution in [0.1, 0.15) is 15.9 Å². The molecule has 0 saturated heterocycles. The zero-order chi connectivity index (χ0) is 12.8. The average molecular weight is 241 g/mol. The van der Waals surface area contributed by atoms with Crippen LogP contribution in [0.4, 0.5) is 5.69 Å². The summed E-state index contributed by atoms with van der Waals surface area (Å²) in [4.78, 5) is 15.9. The highest BCUT2D eigenvalue weighted by Crippen LogP contribution is 2.09. The molecule has 4 heteroatoms. The van der Waals surface area contributed by atoms with Gasteiger partial charge in [-0.25, -0.2) is 0 Å². The smallest absolute Gasteiger partial charge is 0.253 e. The second kappa shape index (κ2) is 5.82. The number of carbonyl (C=O) groups is 1. The number of aromatic nitrogens is 1. The number of nitrogen functional groups attached to an aromatic ring is 1. The van der Waals surface area contributed by atoms with Gasteiger partial charge in [-0.05, 0) is 30.2 Å². The number of nitrogens with one attached hydrogen (secondary N) is 1. The predicted octanol–water partition coefficient (Wildman–Crippen LogP) is 1.64. The molecule has 0 atom stereocenters. The van der Waals surface area contributed by atoms with Gasteiger partial charge in [-0.1, -0.05) is 18.2 Å². The molecule has 0 radical (unpaired) electrons. The maximum atomic E-state index is 11.8. The average Bonchev–Trinajstić information content (AvgIpc) is 2.40. The zero-order valence-corrected chi connectivity index (χ0v) is 9.97. The lowest BCUT2D eigenvalue weighted by molar-refractivity contribution is 0.0955. The van der Waals surface area contributed by atoms with Crippen LogP contribution >= 0.6 is 0 Å². The molecule has 2 rings (SSSR count). The molecule has 1 aromatic heterocycles. The number of carbonyl (C=O) groups excluding carboxylic acids is 1. The van der Waals surface area contributed by atoms with Crippen molar-refractivity contribution in [2.45, 2.75) is 6.42 Å². The highest BCUT2D eigenvalue weighted by Gasteiger charge is 2.07. The molecule has 0 aliphatic carbocycles. The van der Waals surface area contributed by atoms with Crippen LogP contribution in [0.15, 0.2) is 48.8 Å². The number of nitrogens with two attached hydrogens (primary N) is 1. The molecule has 92 valence electrons. The molecule has 4 nitrogen and oxygen atoms in total. The first-order chi connectivity index (χ1) is 8.77. The summed E-state index contributed by atoms with van der Waals surface area (Å²) < 4.78 is 0. The Kier molecular flexibility index (Phi) is 3.91. The molecule has 0 aliphatic heterocycles. The highest BCUT2D eigenvalue weighted by molar-refractivity contribution is 5.99. The Morgan fingerprint density at radius 3 is 2.78 bits per heavy atom. The fourth-order valence-corrected chi connectivity index (χ4v) is 1.67. The number of para-hydroxylation sites is 1. The second-order valence-electron chi connectivity index (χ2n) is 3.95. The molecular formula is C14H15N3O. The summed E-state index contributed by atoms with van der Waals surface area (Å²) in [6, 6.07) is 10.9. The predicted molar refractivity (Wildman–Crippen MR) is 71.1 cm³/mol. The summed E-state index contributed by atoms with van der Waals surface area (Å²) in [6.45, 7) is 0.568. The van der Waals surface area contributed by atoms with Crippen molar-refractivity contribution in [1.82, 2.24) is 10.3 Å². The van der Waals surface area contributed by atoms with E-state index < -0.39 is 0 Å². The number of benzene rings is 1. The second-order valence-corrected chi connectivity index (χ2v) is 3.95. The molecule has 1 amide bonds. The molecule has 2 aromatic rings. The number of hydrogen-bond donors (Lipinski definition) is 2. The molecule has 1 aromatic carbocycles. The molecule has 1 heterocycles. The fourth-order valence-electron chi connectivity index (χ4n) is 1.67. The largest absolute Gasteiger partial charge is 0.398 e. The number of pyridine rings is 1. The van der Waals surface area contributed by atoms with Crippen LogP contribution in [-0.2, 0) is 6.42 Å². The van der Waals surface area contributed by atoms with Gasteiger partial charge < -0.3 is 11.1 Å². The van der Waals surface area contributed by atoms with Crippen LogP contribution in [0.5, 0.6) is 0 Å². The summed E-state index contributed by atoms with van der Waals surface area (Å²) in [5, 5.41) is 2.84. The summed E-state index contributed by atoms with van der Waals surface area (Å²) in [5.41, 5.74) is 7.84. The number of hydrogen-bond acceptors (Lipinski definition) is 3. The van der Waals surface area contributed by atoms with Gasteiger partial charge in [0.15, 0.2) is 0 Å². The monoisotopic (exact) mass is 241 g/mol. The molecule has 0 unspecified atom stereocenters. The third-order valence-electron chi connectivity index (χ3n) is 2.63. The van der Waals surface area contributed by atoms with Crippen molar-refractivity contribution in [2.24, 2.45) is 0 Å². The van der Waals surface area contributed by atoms with Crippen LogP contribution in [0.2, 0.25) is 0 Å². The third kappa shape index (κ3) is 3.07. The first-order valence-electron chi connectivity index (χ1n) is 5.79. The molecule has 3 N–H and O–H groups in total. The van der Waals surface area contributed by atoms with Gasteiger partial charge in [-0.15, -0.1) is 0 Å². The van der Waals surface area contributed by atoms with Gasteiger partial charge in [-0.2, -0.15) is 0 Å². The normalized spacial score (nSPS) is 10.0. The first kappa shape index (κ1) is 12.1. The maximum absolute atomic E-state index is 11.8. The van der Waals surface area contributed by atoms with E-state index in [-0.39, 0.29) is 5.91 Å². The van der Waals surface area contributed by atoms with Crippen molar-refractivity contribution in [3.63, 3.8) is 0 Å². The van der Waals surface area contributed by atoms with Crippen molar-refractivity contribution in [2.75, 3.05) is 12.3 Å². The molecule has 0 bridgehead atoms. The number of amides is 1. The lowest BCUT2D eigenvalue weighted by Gasteiger charge is -2.07. The van der Waals surface area contributed by atoms with Crippen molar-refractivity contribution in [1.29, 1.82) is 0 Å². The maximum Gasteiger partial charge on any atom is 0.253 e. The Hall–Kier alpha value is -2.36. The summed E-state index contributed by atoms with van der Waals surface area (Å²) in [6.07, 6.45) is 4.28. The molecule has 0 saturated carbocycles. The van der Waals surface area contributed by atoms with E-state index in [0.29, 0.717) is 17.8 Å². The molecule has 18 heavy (non-hydrogen) atoms. The van der Waals surface area contributed by atoms with Gasteiger partial charge >= 0.3 is 0 Å². The van der Waals surface area contributed by atoms with Crippen molar-refractivity contribution < 1.29 is 4.79 Å². The third-order valence-corrected chi connectivity index (χ3v) is 2.63. The van der Waals surface area contributed by atoms with Gasteiger partial charge in [-0.3, -0.25) is 9.78 Å². The van der Waals surface area contributed by atoms with E-state index in [1.54, 1.807) is 30.6 Å². The van der Waals surface area contributed by atoms with E-state index in [1.165, 1.54) is 0 Å². The van der Waals surface area contributed by atoms with Gasteiger partial charge in [0.1, 0.15) is 0 Å². The van der Waals surface area contributed by atoms with Crippen LogP contribution in [0.25, 0.3) is 0 Å². The molecule has 0 fully saturated rings. The number of anilines is 1. The standard InChI is InChI=1S/C14H15N3O/c15-13-6-2-1-5-12(13)14(18)17-9-7-11-4-3-8-16-10-11/h1-6,8,10H,7,9,15H2,(H,17,18). The van der Waals surface area contributed by atoms with Crippen LogP contribution in [0, 0.1) is 0 Å².